The summed E-state index contributed by atoms with van der Waals surface area (Å²) in [5.74, 6) is -1.46. The lowest BCUT2D eigenvalue weighted by Crippen LogP contribution is -2.36. The first-order chi connectivity index (χ1) is 10.4. The Hall–Kier alpha value is -2.64. The second-order valence-corrected chi connectivity index (χ2v) is 4.52. The van der Waals surface area contributed by atoms with Crippen LogP contribution in [-0.4, -0.2) is 30.6 Å². The first-order valence-corrected chi connectivity index (χ1v) is 6.63. The van der Waals surface area contributed by atoms with Crippen LogP contribution in [0.1, 0.15) is 18.9 Å². The zero-order chi connectivity index (χ0) is 16.5. The minimum absolute atomic E-state index is 0.0398. The topological polar surface area (TPSA) is 111 Å². The molecular weight excluding hydrogens is 293 g/mol. The van der Waals surface area contributed by atoms with Crippen molar-refractivity contribution in [3.05, 3.63) is 35.6 Å². The summed E-state index contributed by atoms with van der Waals surface area (Å²) < 4.78 is 17.6. The largest absolute Gasteiger partial charge is 0.452 e. The number of hydrogen-bond donors (Lipinski definition) is 3. The van der Waals surface area contributed by atoms with E-state index in [1.54, 1.807) is 12.1 Å². The Kier molecular flexibility index (Phi) is 6.81. The van der Waals surface area contributed by atoms with Gasteiger partial charge in [0.25, 0.3) is 5.91 Å². The van der Waals surface area contributed by atoms with Crippen molar-refractivity contribution >= 4 is 17.9 Å². The number of primary amides is 1. The predicted octanol–water partition coefficient (Wildman–Crippen LogP) is 0.432. The van der Waals surface area contributed by atoms with Gasteiger partial charge in [-0.2, -0.15) is 0 Å². The molecule has 0 aliphatic carbocycles. The standard InChI is InChI=1S/C14H18FN3O4/c1-9(22-12(19)6-7-17-14(16)21)13(20)18-8-10-2-4-11(15)5-3-10/h2-5,9H,6-8H2,1H3,(H,18,20)(H3,16,17,21)/t9-/m1/s1. The number of benzene rings is 1. The molecule has 0 bridgehead atoms. The van der Waals surface area contributed by atoms with E-state index in [1.807, 2.05) is 0 Å². The number of halogens is 1. The first-order valence-electron chi connectivity index (χ1n) is 6.63. The van der Waals surface area contributed by atoms with E-state index in [4.69, 9.17) is 10.5 Å². The molecule has 1 atom stereocenters. The maximum atomic E-state index is 12.7. The maximum absolute atomic E-state index is 12.7. The van der Waals surface area contributed by atoms with Gasteiger partial charge in [0.15, 0.2) is 6.10 Å². The van der Waals surface area contributed by atoms with Crippen LogP contribution < -0.4 is 16.4 Å². The summed E-state index contributed by atoms with van der Waals surface area (Å²) in [4.78, 5) is 33.6. The lowest BCUT2D eigenvalue weighted by atomic mass is 10.2. The third kappa shape index (κ3) is 6.69. The SMILES string of the molecule is C[C@@H](OC(=O)CCNC(N)=O)C(=O)NCc1ccc(F)cc1. The van der Waals surface area contributed by atoms with E-state index in [9.17, 15) is 18.8 Å². The number of ether oxygens (including phenoxy) is 1. The molecule has 0 saturated carbocycles. The number of amides is 3. The normalized spacial score (nSPS) is 11.4. The molecule has 0 aromatic heterocycles. The molecular formula is C14H18FN3O4. The molecule has 3 amide bonds. The van der Waals surface area contributed by atoms with Crippen LogP contribution in [0.15, 0.2) is 24.3 Å². The molecule has 4 N–H and O–H groups in total. The molecule has 0 saturated heterocycles. The molecule has 120 valence electrons. The monoisotopic (exact) mass is 311 g/mol. The third-order valence-corrected chi connectivity index (χ3v) is 2.69. The summed E-state index contributed by atoms with van der Waals surface area (Å²) in [5.41, 5.74) is 5.56. The summed E-state index contributed by atoms with van der Waals surface area (Å²) in [7, 11) is 0. The highest BCUT2D eigenvalue weighted by Gasteiger charge is 2.17. The van der Waals surface area contributed by atoms with E-state index < -0.39 is 24.0 Å². The van der Waals surface area contributed by atoms with Crippen molar-refractivity contribution in [2.24, 2.45) is 5.73 Å². The van der Waals surface area contributed by atoms with E-state index in [2.05, 4.69) is 10.6 Å². The number of nitrogens with one attached hydrogen (secondary N) is 2. The summed E-state index contributed by atoms with van der Waals surface area (Å²) in [5, 5.41) is 4.81. The van der Waals surface area contributed by atoms with E-state index >= 15 is 0 Å². The van der Waals surface area contributed by atoms with Gasteiger partial charge in [-0.15, -0.1) is 0 Å². The van der Waals surface area contributed by atoms with Gasteiger partial charge in [-0.25, -0.2) is 9.18 Å². The number of carbonyl (C=O) groups excluding carboxylic acids is 3. The highest BCUT2D eigenvalue weighted by Crippen LogP contribution is 2.03. The van der Waals surface area contributed by atoms with Crippen LogP contribution in [0.2, 0.25) is 0 Å². The van der Waals surface area contributed by atoms with Crippen LogP contribution in [-0.2, 0) is 20.9 Å². The Labute approximate surface area is 127 Å². The van der Waals surface area contributed by atoms with E-state index in [-0.39, 0.29) is 25.3 Å². The van der Waals surface area contributed by atoms with Crippen LogP contribution in [0.5, 0.6) is 0 Å². The molecule has 1 rings (SSSR count). The lowest BCUT2D eigenvalue weighted by molar-refractivity contribution is -0.154. The van der Waals surface area contributed by atoms with Crippen LogP contribution in [0, 0.1) is 5.82 Å². The van der Waals surface area contributed by atoms with Crippen molar-refractivity contribution in [2.45, 2.75) is 26.0 Å². The molecule has 7 nitrogen and oxygen atoms in total. The molecule has 22 heavy (non-hydrogen) atoms. The third-order valence-electron chi connectivity index (χ3n) is 2.69. The van der Waals surface area contributed by atoms with E-state index in [0.717, 1.165) is 5.56 Å². The van der Waals surface area contributed by atoms with Crippen molar-refractivity contribution < 1.29 is 23.5 Å². The van der Waals surface area contributed by atoms with Crippen molar-refractivity contribution in [3.8, 4) is 0 Å². The zero-order valence-electron chi connectivity index (χ0n) is 12.1. The second kappa shape index (κ2) is 8.60. The van der Waals surface area contributed by atoms with Crippen LogP contribution in [0.25, 0.3) is 0 Å². The van der Waals surface area contributed by atoms with Crippen molar-refractivity contribution in [3.63, 3.8) is 0 Å². The Morgan fingerprint density at radius 1 is 1.23 bits per heavy atom. The smallest absolute Gasteiger partial charge is 0.312 e. The van der Waals surface area contributed by atoms with Crippen LogP contribution in [0.3, 0.4) is 0 Å². The Balaban J connectivity index is 2.30. The van der Waals surface area contributed by atoms with E-state index in [1.165, 1.54) is 19.1 Å². The highest BCUT2D eigenvalue weighted by atomic mass is 19.1. The number of esters is 1. The van der Waals surface area contributed by atoms with Crippen LogP contribution in [0.4, 0.5) is 9.18 Å². The number of urea groups is 1. The molecule has 0 fully saturated rings. The summed E-state index contributed by atoms with van der Waals surface area (Å²) >= 11 is 0. The number of hydrogen-bond acceptors (Lipinski definition) is 4. The molecule has 0 heterocycles. The number of rotatable bonds is 7. The fraction of sp³-hybridized carbons (Fsp3) is 0.357. The van der Waals surface area contributed by atoms with Crippen molar-refractivity contribution in [2.75, 3.05) is 6.54 Å². The van der Waals surface area contributed by atoms with Crippen LogP contribution >= 0.6 is 0 Å². The van der Waals surface area contributed by atoms with Gasteiger partial charge in [-0.05, 0) is 24.6 Å². The average molecular weight is 311 g/mol. The first kappa shape index (κ1) is 17.4. The predicted molar refractivity (Wildman–Crippen MR) is 76.0 cm³/mol. The Morgan fingerprint density at radius 3 is 2.45 bits per heavy atom. The van der Waals surface area contributed by atoms with Gasteiger partial charge >= 0.3 is 12.0 Å². The molecule has 0 spiro atoms. The summed E-state index contributed by atoms with van der Waals surface area (Å²) in [6.45, 7) is 1.67. The van der Waals surface area contributed by atoms with Gasteiger partial charge < -0.3 is 21.1 Å². The summed E-state index contributed by atoms with van der Waals surface area (Å²) in [6, 6.07) is 4.93. The molecule has 0 aliphatic rings. The highest BCUT2D eigenvalue weighted by molar-refractivity contribution is 5.83. The minimum atomic E-state index is -0.971. The molecule has 1 aromatic carbocycles. The second-order valence-electron chi connectivity index (χ2n) is 4.52. The van der Waals surface area contributed by atoms with Gasteiger partial charge in [0, 0.05) is 13.1 Å². The lowest BCUT2D eigenvalue weighted by Gasteiger charge is -2.13. The van der Waals surface area contributed by atoms with Crippen molar-refractivity contribution in [1.82, 2.24) is 10.6 Å². The van der Waals surface area contributed by atoms with Crippen molar-refractivity contribution in [1.29, 1.82) is 0 Å². The fourth-order valence-corrected chi connectivity index (χ4v) is 1.53. The molecule has 1 aromatic rings. The molecule has 8 heteroatoms. The van der Waals surface area contributed by atoms with Gasteiger partial charge in [0.2, 0.25) is 0 Å². The minimum Gasteiger partial charge on any atom is -0.452 e. The molecule has 0 aliphatic heterocycles. The Bertz CT molecular complexity index is 533. The zero-order valence-corrected chi connectivity index (χ0v) is 12.1. The molecule has 0 unspecified atom stereocenters. The Morgan fingerprint density at radius 2 is 1.86 bits per heavy atom. The maximum Gasteiger partial charge on any atom is 0.312 e. The molecule has 0 radical (unpaired) electrons. The van der Waals surface area contributed by atoms with Gasteiger partial charge in [-0.3, -0.25) is 9.59 Å². The van der Waals surface area contributed by atoms with E-state index in [0.29, 0.717) is 0 Å². The van der Waals surface area contributed by atoms with Gasteiger partial charge in [0.05, 0.1) is 6.42 Å². The number of carbonyl (C=O) groups is 3. The quantitative estimate of drug-likeness (QED) is 0.634. The van der Waals surface area contributed by atoms with Gasteiger partial charge in [0.1, 0.15) is 5.82 Å². The number of nitrogens with two attached hydrogens (primary N) is 1. The fourth-order valence-electron chi connectivity index (χ4n) is 1.53. The average Bonchev–Trinajstić information content (AvgIpc) is 2.45. The van der Waals surface area contributed by atoms with Gasteiger partial charge in [-0.1, -0.05) is 12.1 Å². The summed E-state index contributed by atoms with van der Waals surface area (Å²) in [6.07, 6.45) is -1.06.